The highest BCUT2D eigenvalue weighted by Gasteiger charge is 2.25. The van der Waals surface area contributed by atoms with Crippen LogP contribution >= 0.6 is 11.8 Å². The molecule has 0 aliphatic carbocycles. The lowest BCUT2D eigenvalue weighted by atomic mass is 10.2. The topological polar surface area (TPSA) is 97.1 Å². The summed E-state index contributed by atoms with van der Waals surface area (Å²) in [5, 5.41) is 10.4. The first kappa shape index (κ1) is 23.0. The van der Waals surface area contributed by atoms with Crippen molar-refractivity contribution in [3.05, 3.63) is 41.7 Å². The number of rotatable bonds is 8. The molecule has 1 aromatic carbocycles. The zero-order valence-corrected chi connectivity index (χ0v) is 18.6. The lowest BCUT2D eigenvalue weighted by Crippen LogP contribution is -2.51. The minimum Gasteiger partial charge on any atom is -0.497 e. The maximum atomic E-state index is 12.7. The van der Waals surface area contributed by atoms with E-state index in [4.69, 9.17) is 9.47 Å². The summed E-state index contributed by atoms with van der Waals surface area (Å²) in [7, 11) is 1.62. The number of amides is 2. The number of nitrogens with zero attached hydrogens (tertiary/aromatic N) is 4. The molecule has 0 unspecified atom stereocenters. The Labute approximate surface area is 185 Å². The second-order valence-corrected chi connectivity index (χ2v) is 7.92. The lowest BCUT2D eigenvalue weighted by molar-refractivity contribution is -0.129. The molecule has 2 heterocycles. The van der Waals surface area contributed by atoms with E-state index in [1.807, 2.05) is 28.8 Å². The highest BCUT2D eigenvalue weighted by Crippen LogP contribution is 2.22. The molecule has 2 aromatic rings. The number of thioether (sulfide) groups is 1. The van der Waals surface area contributed by atoms with Crippen molar-refractivity contribution < 1.29 is 24.2 Å². The van der Waals surface area contributed by atoms with Gasteiger partial charge >= 0.3 is 6.09 Å². The number of ether oxygens (including phenoxy) is 2. The Morgan fingerprint density at radius 2 is 1.81 bits per heavy atom. The summed E-state index contributed by atoms with van der Waals surface area (Å²) in [5.74, 6) is 1.02. The molecule has 1 aliphatic rings. The van der Waals surface area contributed by atoms with E-state index >= 15 is 0 Å². The van der Waals surface area contributed by atoms with Gasteiger partial charge in [-0.2, -0.15) is 0 Å². The van der Waals surface area contributed by atoms with Crippen molar-refractivity contribution in [1.82, 2.24) is 19.4 Å². The predicted octanol–water partition coefficient (Wildman–Crippen LogP) is 1.83. The Balaban J connectivity index is 1.57. The normalized spacial score (nSPS) is 13.9. The molecule has 0 radical (unpaired) electrons. The molecule has 31 heavy (non-hydrogen) atoms. The van der Waals surface area contributed by atoms with Crippen molar-refractivity contribution in [2.75, 3.05) is 45.6 Å². The number of piperazine rings is 1. The van der Waals surface area contributed by atoms with Crippen molar-refractivity contribution >= 4 is 23.8 Å². The smallest absolute Gasteiger partial charge is 0.409 e. The van der Waals surface area contributed by atoms with Gasteiger partial charge in [0.25, 0.3) is 0 Å². The Kier molecular flexibility index (Phi) is 8.19. The highest BCUT2D eigenvalue weighted by atomic mass is 32.2. The third-order valence-corrected chi connectivity index (χ3v) is 6.02. The summed E-state index contributed by atoms with van der Waals surface area (Å²) in [6.45, 7) is 4.43. The van der Waals surface area contributed by atoms with E-state index in [2.05, 4.69) is 4.98 Å². The van der Waals surface area contributed by atoms with Gasteiger partial charge in [0.1, 0.15) is 5.75 Å². The van der Waals surface area contributed by atoms with Crippen LogP contribution in [0.2, 0.25) is 0 Å². The molecule has 10 heteroatoms. The minimum atomic E-state index is -0.332. The Morgan fingerprint density at radius 1 is 1.13 bits per heavy atom. The van der Waals surface area contributed by atoms with E-state index in [9.17, 15) is 14.7 Å². The molecule has 3 rings (SSSR count). The second kappa shape index (κ2) is 11.1. The van der Waals surface area contributed by atoms with Crippen LogP contribution < -0.4 is 4.74 Å². The van der Waals surface area contributed by atoms with Crippen molar-refractivity contribution in [2.45, 2.75) is 25.2 Å². The number of imidazole rings is 1. The van der Waals surface area contributed by atoms with Crippen LogP contribution in [-0.2, 0) is 22.7 Å². The number of aromatic nitrogens is 2. The van der Waals surface area contributed by atoms with E-state index in [0.717, 1.165) is 11.3 Å². The Morgan fingerprint density at radius 3 is 2.42 bits per heavy atom. The third kappa shape index (κ3) is 5.92. The number of aliphatic hydroxyl groups excluding tert-OH is 1. The van der Waals surface area contributed by atoms with Crippen LogP contribution in [0.3, 0.4) is 0 Å². The average Bonchev–Trinajstić information content (AvgIpc) is 3.19. The quantitative estimate of drug-likeness (QED) is 0.615. The van der Waals surface area contributed by atoms with Crippen LogP contribution in [0.25, 0.3) is 0 Å². The van der Waals surface area contributed by atoms with Crippen LogP contribution in [0.1, 0.15) is 18.2 Å². The predicted molar refractivity (Wildman–Crippen MR) is 116 cm³/mol. The highest BCUT2D eigenvalue weighted by molar-refractivity contribution is 7.99. The van der Waals surface area contributed by atoms with Crippen molar-refractivity contribution in [3.63, 3.8) is 0 Å². The number of hydrogen-bond donors (Lipinski definition) is 1. The molecule has 0 bridgehead atoms. The number of carbonyl (C=O) groups is 2. The van der Waals surface area contributed by atoms with Gasteiger partial charge in [-0.15, -0.1) is 0 Å². The number of methoxy groups -OCH3 is 1. The van der Waals surface area contributed by atoms with Gasteiger partial charge < -0.3 is 28.9 Å². The summed E-state index contributed by atoms with van der Waals surface area (Å²) in [6.07, 6.45) is 1.30. The molecule has 168 valence electrons. The van der Waals surface area contributed by atoms with Gasteiger partial charge in [0.05, 0.1) is 38.0 Å². The van der Waals surface area contributed by atoms with Crippen molar-refractivity contribution in [2.24, 2.45) is 0 Å². The number of aliphatic hydroxyl groups is 1. The molecule has 1 fully saturated rings. The van der Waals surface area contributed by atoms with Gasteiger partial charge in [0.15, 0.2) is 5.16 Å². The zero-order chi connectivity index (χ0) is 22.2. The third-order valence-electron chi connectivity index (χ3n) is 5.05. The van der Waals surface area contributed by atoms with Gasteiger partial charge in [-0.1, -0.05) is 23.9 Å². The average molecular weight is 449 g/mol. The fourth-order valence-electron chi connectivity index (χ4n) is 3.29. The van der Waals surface area contributed by atoms with Crippen LogP contribution in [0.5, 0.6) is 5.75 Å². The fourth-order valence-corrected chi connectivity index (χ4v) is 4.19. The number of benzene rings is 1. The maximum Gasteiger partial charge on any atom is 0.409 e. The fraction of sp³-hybridized carbons (Fsp3) is 0.476. The molecule has 9 nitrogen and oxygen atoms in total. The van der Waals surface area contributed by atoms with Gasteiger partial charge in [-0.3, -0.25) is 4.79 Å². The molecular weight excluding hydrogens is 420 g/mol. The van der Waals surface area contributed by atoms with Crippen molar-refractivity contribution in [1.29, 1.82) is 0 Å². The van der Waals surface area contributed by atoms with Crippen LogP contribution in [0.4, 0.5) is 4.79 Å². The Bertz CT molecular complexity index is 878. The summed E-state index contributed by atoms with van der Waals surface area (Å²) >= 11 is 1.35. The van der Waals surface area contributed by atoms with Gasteiger partial charge in [-0.05, 0) is 24.6 Å². The Hall–Kier alpha value is -2.72. The van der Waals surface area contributed by atoms with Crippen LogP contribution in [0, 0.1) is 0 Å². The summed E-state index contributed by atoms with van der Waals surface area (Å²) in [5.41, 5.74) is 1.73. The summed E-state index contributed by atoms with van der Waals surface area (Å²) < 4.78 is 12.1. The van der Waals surface area contributed by atoms with E-state index in [0.29, 0.717) is 50.2 Å². The van der Waals surface area contributed by atoms with Crippen molar-refractivity contribution in [3.8, 4) is 5.75 Å². The molecule has 1 aromatic heterocycles. The molecule has 0 spiro atoms. The van der Waals surface area contributed by atoms with Gasteiger partial charge in [-0.25, -0.2) is 9.78 Å². The maximum absolute atomic E-state index is 12.7. The van der Waals surface area contributed by atoms with Crippen LogP contribution in [-0.4, -0.2) is 82.1 Å². The first-order valence-electron chi connectivity index (χ1n) is 10.2. The first-order valence-corrected chi connectivity index (χ1v) is 11.1. The lowest BCUT2D eigenvalue weighted by Gasteiger charge is -2.34. The number of hydrogen-bond acceptors (Lipinski definition) is 7. The van der Waals surface area contributed by atoms with Gasteiger partial charge in [0, 0.05) is 32.7 Å². The molecule has 1 N–H and O–H groups in total. The molecule has 1 aliphatic heterocycles. The summed E-state index contributed by atoms with van der Waals surface area (Å²) in [6, 6.07) is 7.69. The number of carbonyl (C=O) groups excluding carboxylic acids is 2. The standard InChI is InChI=1S/C21H28N4O5S/c1-3-30-21(28)24-10-8-23(9-11-24)19(27)15-31-20-22-12-17(14-26)25(20)13-16-4-6-18(29-2)7-5-16/h4-7,12,26H,3,8-11,13-15H2,1-2H3. The molecule has 1 saturated heterocycles. The van der Waals surface area contributed by atoms with E-state index in [1.165, 1.54) is 11.8 Å². The van der Waals surface area contributed by atoms with E-state index in [1.54, 1.807) is 30.0 Å². The van der Waals surface area contributed by atoms with Gasteiger partial charge in [0.2, 0.25) is 5.91 Å². The molecular formula is C21H28N4O5S. The van der Waals surface area contributed by atoms with E-state index < -0.39 is 0 Å². The summed E-state index contributed by atoms with van der Waals surface area (Å²) in [4.78, 5) is 32.2. The minimum absolute atomic E-state index is 0.00180. The monoisotopic (exact) mass is 448 g/mol. The molecule has 2 amide bonds. The first-order chi connectivity index (χ1) is 15.0. The zero-order valence-electron chi connectivity index (χ0n) is 17.8. The second-order valence-electron chi connectivity index (χ2n) is 6.98. The SMILES string of the molecule is CCOC(=O)N1CCN(C(=O)CSc2ncc(CO)n2Cc2ccc(OC)cc2)CC1. The van der Waals surface area contributed by atoms with E-state index in [-0.39, 0.29) is 24.4 Å². The van der Waals surface area contributed by atoms with Crippen LogP contribution in [0.15, 0.2) is 35.6 Å². The largest absolute Gasteiger partial charge is 0.497 e. The molecule has 0 atom stereocenters. The molecule has 0 saturated carbocycles.